The number of nitrogens with zero attached hydrogens (tertiary/aromatic N) is 1. The maximum absolute atomic E-state index is 8.84. The third kappa shape index (κ3) is 3.27. The van der Waals surface area contributed by atoms with Crippen molar-refractivity contribution < 1.29 is 0 Å². The number of nitriles is 1. The third-order valence-electron chi connectivity index (χ3n) is 2.97. The van der Waals surface area contributed by atoms with Crippen LogP contribution in [0, 0.1) is 11.3 Å². The number of hydrogen-bond acceptors (Lipinski definition) is 4. The molecule has 19 heavy (non-hydrogen) atoms. The van der Waals surface area contributed by atoms with E-state index in [4.69, 9.17) is 11.0 Å². The second kappa shape index (κ2) is 6.26. The maximum atomic E-state index is 8.84. The van der Waals surface area contributed by atoms with Gasteiger partial charge in [0, 0.05) is 4.88 Å². The second-order valence-corrected chi connectivity index (χ2v) is 5.39. The fourth-order valence-corrected chi connectivity index (χ4v) is 2.83. The molecule has 3 nitrogen and oxygen atoms in total. The molecule has 1 aromatic heterocycles. The van der Waals surface area contributed by atoms with E-state index in [-0.39, 0.29) is 6.04 Å². The molecular formula is C15H17N3S. The van der Waals surface area contributed by atoms with E-state index in [9.17, 15) is 0 Å². The van der Waals surface area contributed by atoms with Gasteiger partial charge in [-0.05, 0) is 36.1 Å². The molecule has 2 aromatic rings. The van der Waals surface area contributed by atoms with Crippen LogP contribution in [0.4, 0.5) is 11.4 Å². The molecule has 0 radical (unpaired) electrons. The lowest BCUT2D eigenvalue weighted by Crippen LogP contribution is -2.10. The Kier molecular flexibility index (Phi) is 4.43. The summed E-state index contributed by atoms with van der Waals surface area (Å²) in [5.41, 5.74) is 8.09. The summed E-state index contributed by atoms with van der Waals surface area (Å²) < 4.78 is 0. The van der Waals surface area contributed by atoms with Crippen molar-refractivity contribution >= 4 is 22.7 Å². The summed E-state index contributed by atoms with van der Waals surface area (Å²) in [5, 5.41) is 14.4. The van der Waals surface area contributed by atoms with E-state index in [0.717, 1.165) is 18.5 Å². The Morgan fingerprint density at radius 1 is 1.42 bits per heavy atom. The summed E-state index contributed by atoms with van der Waals surface area (Å²) >= 11 is 1.75. The minimum Gasteiger partial charge on any atom is -0.397 e. The molecule has 98 valence electrons. The van der Waals surface area contributed by atoms with E-state index in [1.807, 2.05) is 6.07 Å². The van der Waals surface area contributed by atoms with Crippen LogP contribution in [0.1, 0.15) is 36.2 Å². The highest BCUT2D eigenvalue weighted by molar-refractivity contribution is 7.10. The first-order valence-corrected chi connectivity index (χ1v) is 7.22. The quantitative estimate of drug-likeness (QED) is 0.803. The van der Waals surface area contributed by atoms with Crippen LogP contribution in [0.5, 0.6) is 0 Å². The molecule has 4 heteroatoms. The van der Waals surface area contributed by atoms with Crippen molar-refractivity contribution in [1.29, 1.82) is 5.26 Å². The van der Waals surface area contributed by atoms with Crippen molar-refractivity contribution in [1.82, 2.24) is 0 Å². The number of anilines is 2. The smallest absolute Gasteiger partial charge is 0.0992 e. The molecule has 0 saturated carbocycles. The summed E-state index contributed by atoms with van der Waals surface area (Å²) in [6, 6.07) is 11.9. The van der Waals surface area contributed by atoms with Gasteiger partial charge in [-0.25, -0.2) is 0 Å². The maximum Gasteiger partial charge on any atom is 0.0992 e. The highest BCUT2D eigenvalue weighted by atomic mass is 32.1. The molecule has 1 aromatic carbocycles. The summed E-state index contributed by atoms with van der Waals surface area (Å²) in [6.45, 7) is 2.17. The Balaban J connectivity index is 2.20. The normalized spacial score (nSPS) is 11.8. The summed E-state index contributed by atoms with van der Waals surface area (Å²) in [6.07, 6.45) is 2.16. The van der Waals surface area contributed by atoms with Gasteiger partial charge in [0.25, 0.3) is 0 Å². The van der Waals surface area contributed by atoms with Gasteiger partial charge < -0.3 is 11.1 Å². The minimum absolute atomic E-state index is 0.278. The van der Waals surface area contributed by atoms with Crippen LogP contribution < -0.4 is 11.1 Å². The van der Waals surface area contributed by atoms with Crippen LogP contribution in [-0.4, -0.2) is 0 Å². The zero-order valence-electron chi connectivity index (χ0n) is 10.9. The van der Waals surface area contributed by atoms with Crippen molar-refractivity contribution in [3.05, 3.63) is 46.2 Å². The average molecular weight is 271 g/mol. The first-order chi connectivity index (χ1) is 9.24. The van der Waals surface area contributed by atoms with Crippen LogP contribution in [-0.2, 0) is 0 Å². The molecule has 1 heterocycles. The van der Waals surface area contributed by atoms with Crippen molar-refractivity contribution in [3.63, 3.8) is 0 Å². The molecule has 2 rings (SSSR count). The Morgan fingerprint density at radius 3 is 2.84 bits per heavy atom. The van der Waals surface area contributed by atoms with Crippen molar-refractivity contribution in [2.24, 2.45) is 0 Å². The number of nitrogens with one attached hydrogen (secondary N) is 1. The lowest BCUT2D eigenvalue weighted by atomic mass is 10.1. The van der Waals surface area contributed by atoms with Gasteiger partial charge in [-0.2, -0.15) is 5.26 Å². The number of hydrogen-bond donors (Lipinski definition) is 2. The molecule has 0 saturated heterocycles. The topological polar surface area (TPSA) is 61.8 Å². The largest absolute Gasteiger partial charge is 0.397 e. The molecule has 0 fully saturated rings. The van der Waals surface area contributed by atoms with E-state index in [1.54, 1.807) is 23.5 Å². The molecule has 1 unspecified atom stereocenters. The predicted molar refractivity (Wildman–Crippen MR) is 81.2 cm³/mol. The zero-order chi connectivity index (χ0) is 13.7. The summed E-state index contributed by atoms with van der Waals surface area (Å²) in [7, 11) is 0. The van der Waals surface area contributed by atoms with Gasteiger partial charge in [-0.1, -0.05) is 19.4 Å². The van der Waals surface area contributed by atoms with E-state index < -0.39 is 0 Å². The summed E-state index contributed by atoms with van der Waals surface area (Å²) in [4.78, 5) is 1.31. The van der Waals surface area contributed by atoms with Crippen LogP contribution in [0.2, 0.25) is 0 Å². The number of nitrogens with two attached hydrogens (primary N) is 1. The molecular weight excluding hydrogens is 254 g/mol. The van der Waals surface area contributed by atoms with Gasteiger partial charge in [0.2, 0.25) is 0 Å². The van der Waals surface area contributed by atoms with Crippen LogP contribution in [0.3, 0.4) is 0 Å². The Hall–Kier alpha value is -1.99. The van der Waals surface area contributed by atoms with Crippen molar-refractivity contribution in [3.8, 4) is 6.07 Å². The van der Waals surface area contributed by atoms with E-state index >= 15 is 0 Å². The number of rotatable bonds is 5. The minimum atomic E-state index is 0.278. The SMILES string of the molecule is CCCC(Nc1ccc(C#N)cc1N)c1cccs1. The van der Waals surface area contributed by atoms with E-state index in [2.05, 4.69) is 35.8 Å². The molecule has 3 N–H and O–H groups in total. The molecule has 0 amide bonds. The predicted octanol–water partition coefficient (Wildman–Crippen LogP) is 4.16. The first-order valence-electron chi connectivity index (χ1n) is 6.34. The van der Waals surface area contributed by atoms with Gasteiger partial charge in [-0.15, -0.1) is 11.3 Å². The molecule has 0 aliphatic rings. The molecule has 0 spiro atoms. The first kappa shape index (κ1) is 13.4. The van der Waals surface area contributed by atoms with E-state index in [1.165, 1.54) is 4.88 Å². The molecule has 0 bridgehead atoms. The van der Waals surface area contributed by atoms with Gasteiger partial charge in [0.05, 0.1) is 29.0 Å². The highest BCUT2D eigenvalue weighted by Gasteiger charge is 2.12. The van der Waals surface area contributed by atoms with Gasteiger partial charge in [0.15, 0.2) is 0 Å². The molecule has 1 atom stereocenters. The number of benzene rings is 1. The number of thiophene rings is 1. The van der Waals surface area contributed by atoms with Crippen molar-refractivity contribution in [2.75, 3.05) is 11.1 Å². The van der Waals surface area contributed by atoms with Crippen LogP contribution >= 0.6 is 11.3 Å². The van der Waals surface area contributed by atoms with Gasteiger partial charge >= 0.3 is 0 Å². The molecule has 0 aliphatic carbocycles. The summed E-state index contributed by atoms with van der Waals surface area (Å²) in [5.74, 6) is 0. The fourth-order valence-electron chi connectivity index (χ4n) is 2.02. The standard InChI is InChI=1S/C15H17N3S/c1-2-4-14(15-5-3-8-19-15)18-13-7-6-11(10-16)9-12(13)17/h3,5-9,14,18H,2,4,17H2,1H3. The Morgan fingerprint density at radius 2 is 2.26 bits per heavy atom. The monoisotopic (exact) mass is 271 g/mol. The second-order valence-electron chi connectivity index (χ2n) is 4.41. The van der Waals surface area contributed by atoms with Gasteiger partial charge in [0.1, 0.15) is 0 Å². The Bertz CT molecular complexity index is 570. The van der Waals surface area contributed by atoms with Gasteiger partial charge in [-0.3, -0.25) is 0 Å². The lowest BCUT2D eigenvalue weighted by Gasteiger charge is -2.19. The lowest BCUT2D eigenvalue weighted by molar-refractivity contribution is 0.688. The van der Waals surface area contributed by atoms with Crippen LogP contribution in [0.15, 0.2) is 35.7 Å². The number of nitrogen functional groups attached to an aromatic ring is 1. The average Bonchev–Trinajstić information content (AvgIpc) is 2.94. The highest BCUT2D eigenvalue weighted by Crippen LogP contribution is 2.30. The Labute approximate surface area is 117 Å². The molecule has 0 aliphatic heterocycles. The van der Waals surface area contributed by atoms with Crippen LogP contribution in [0.25, 0.3) is 0 Å². The van der Waals surface area contributed by atoms with Crippen molar-refractivity contribution in [2.45, 2.75) is 25.8 Å². The fraction of sp³-hybridized carbons (Fsp3) is 0.267. The zero-order valence-corrected chi connectivity index (χ0v) is 11.7. The third-order valence-corrected chi connectivity index (χ3v) is 3.96. The van der Waals surface area contributed by atoms with E-state index in [0.29, 0.717) is 11.3 Å².